The first-order valence-electron chi connectivity index (χ1n) is 11.8. The number of carbonyl (C=O) groups excluding carboxylic acids is 1. The molecule has 1 fully saturated rings. The van der Waals surface area contributed by atoms with Gasteiger partial charge in [-0.15, -0.1) is 0 Å². The van der Waals surface area contributed by atoms with E-state index in [4.69, 9.17) is 18.9 Å². The molecule has 0 bridgehead atoms. The van der Waals surface area contributed by atoms with E-state index in [2.05, 4.69) is 15.3 Å². The molecule has 0 radical (unpaired) electrons. The third-order valence-electron chi connectivity index (χ3n) is 6.24. The van der Waals surface area contributed by atoms with Crippen molar-refractivity contribution in [3.05, 3.63) is 41.9 Å². The number of ether oxygens (including phenoxy) is 4. The van der Waals surface area contributed by atoms with Crippen molar-refractivity contribution in [2.45, 2.75) is 71.1 Å². The van der Waals surface area contributed by atoms with Gasteiger partial charge in [-0.3, -0.25) is 4.79 Å². The zero-order valence-corrected chi connectivity index (χ0v) is 21.1. The highest BCUT2D eigenvalue weighted by molar-refractivity contribution is 5.73. The van der Waals surface area contributed by atoms with Gasteiger partial charge in [0.2, 0.25) is 11.7 Å². The zero-order chi connectivity index (χ0) is 24.7. The smallest absolute Gasteiger partial charge is 0.260 e. The molecule has 2 aromatic rings. The maximum atomic E-state index is 11.3. The first-order chi connectivity index (χ1) is 16.2. The molecule has 186 valence electrons. The molecule has 1 saturated carbocycles. The van der Waals surface area contributed by atoms with E-state index in [1.54, 1.807) is 14.2 Å². The molecule has 8 nitrogen and oxygen atoms in total. The van der Waals surface area contributed by atoms with E-state index in [0.717, 1.165) is 42.7 Å². The molecule has 1 heterocycles. The number of amides is 1. The predicted octanol–water partition coefficient (Wildman–Crippen LogP) is 4.28. The van der Waals surface area contributed by atoms with Gasteiger partial charge in [0.25, 0.3) is 5.88 Å². The van der Waals surface area contributed by atoms with Crippen molar-refractivity contribution in [1.82, 2.24) is 15.3 Å². The number of carbonyl (C=O) groups is 1. The summed E-state index contributed by atoms with van der Waals surface area (Å²) in [7, 11) is 3.28. The predicted molar refractivity (Wildman–Crippen MR) is 129 cm³/mol. The summed E-state index contributed by atoms with van der Waals surface area (Å²) in [6, 6.07) is 7.92. The Labute approximate surface area is 202 Å². The highest BCUT2D eigenvalue weighted by Gasteiger charge is 2.29. The molecule has 0 saturated heterocycles. The Morgan fingerprint density at radius 1 is 1.18 bits per heavy atom. The van der Waals surface area contributed by atoms with Crippen LogP contribution >= 0.6 is 0 Å². The van der Waals surface area contributed by atoms with E-state index in [1.165, 1.54) is 13.3 Å². The van der Waals surface area contributed by atoms with Crippen LogP contribution in [0.5, 0.6) is 17.4 Å². The number of hydrogen-bond acceptors (Lipinski definition) is 7. The van der Waals surface area contributed by atoms with Crippen molar-refractivity contribution >= 4 is 5.91 Å². The minimum Gasteiger partial charge on any atom is -0.490 e. The second kappa shape index (κ2) is 11.5. The van der Waals surface area contributed by atoms with E-state index >= 15 is 0 Å². The van der Waals surface area contributed by atoms with Gasteiger partial charge >= 0.3 is 0 Å². The van der Waals surface area contributed by atoms with Crippen LogP contribution in [-0.4, -0.2) is 48.4 Å². The maximum Gasteiger partial charge on any atom is 0.260 e. The lowest BCUT2D eigenvalue weighted by atomic mass is 10.0. The normalized spacial score (nSPS) is 18.9. The molecular formula is C26H37N3O5. The lowest BCUT2D eigenvalue weighted by Gasteiger charge is -2.23. The molecule has 1 amide bonds. The molecule has 0 spiro atoms. The Balaban J connectivity index is 1.57. The largest absolute Gasteiger partial charge is 0.490 e. The highest BCUT2D eigenvalue weighted by Crippen LogP contribution is 2.35. The number of rotatable bonds is 11. The minimum atomic E-state index is -0.424. The topological polar surface area (TPSA) is 91.8 Å². The molecule has 1 aromatic carbocycles. The second-order valence-corrected chi connectivity index (χ2v) is 9.53. The third-order valence-corrected chi connectivity index (χ3v) is 6.24. The van der Waals surface area contributed by atoms with Crippen molar-refractivity contribution < 1.29 is 23.7 Å². The molecule has 1 aromatic heterocycles. The summed E-state index contributed by atoms with van der Waals surface area (Å²) < 4.78 is 23.2. The van der Waals surface area contributed by atoms with Crippen LogP contribution < -0.4 is 19.5 Å². The molecule has 0 aliphatic heterocycles. The summed E-state index contributed by atoms with van der Waals surface area (Å²) in [5.74, 6) is 2.28. The molecule has 3 rings (SSSR count). The van der Waals surface area contributed by atoms with E-state index < -0.39 is 5.60 Å². The lowest BCUT2D eigenvalue weighted by molar-refractivity contribution is -0.119. The quantitative estimate of drug-likeness (QED) is 0.523. The number of aromatic nitrogens is 2. The number of nitrogens with one attached hydrogen (secondary N) is 1. The summed E-state index contributed by atoms with van der Waals surface area (Å²) in [5.41, 5.74) is 1.48. The molecule has 1 unspecified atom stereocenters. The van der Waals surface area contributed by atoms with Crippen molar-refractivity contribution in [2.24, 2.45) is 5.92 Å². The third kappa shape index (κ3) is 7.06. The Morgan fingerprint density at radius 3 is 2.56 bits per heavy atom. The first-order valence-corrected chi connectivity index (χ1v) is 11.8. The molecular weight excluding hydrogens is 434 g/mol. The Bertz CT molecular complexity index is 948. The molecule has 1 aliphatic rings. The van der Waals surface area contributed by atoms with Crippen LogP contribution in [0.3, 0.4) is 0 Å². The van der Waals surface area contributed by atoms with Gasteiger partial charge in [0.05, 0.1) is 30.6 Å². The highest BCUT2D eigenvalue weighted by atomic mass is 16.6. The van der Waals surface area contributed by atoms with Crippen LogP contribution in [0, 0.1) is 5.92 Å². The SMILES string of the molecule is COc1c(CC2CC[C@@H](Oc3ccc([C@H](C)NC(C)=O)cc3)C2)ncnc1OCC(C)(C)OC. The van der Waals surface area contributed by atoms with Crippen molar-refractivity contribution in [2.75, 3.05) is 20.8 Å². The lowest BCUT2D eigenvalue weighted by Crippen LogP contribution is -2.31. The fourth-order valence-corrected chi connectivity index (χ4v) is 4.16. The van der Waals surface area contributed by atoms with E-state index in [1.807, 2.05) is 45.0 Å². The average Bonchev–Trinajstić information content (AvgIpc) is 3.24. The van der Waals surface area contributed by atoms with Crippen LogP contribution in [0.1, 0.15) is 64.3 Å². The average molecular weight is 472 g/mol. The Hall–Kier alpha value is -2.87. The van der Waals surface area contributed by atoms with Crippen molar-refractivity contribution in [1.29, 1.82) is 0 Å². The number of benzene rings is 1. The minimum absolute atomic E-state index is 0.0281. The van der Waals surface area contributed by atoms with Gasteiger partial charge in [0.15, 0.2) is 0 Å². The Morgan fingerprint density at radius 2 is 1.91 bits per heavy atom. The van der Waals surface area contributed by atoms with Gasteiger partial charge in [-0.2, -0.15) is 4.98 Å². The zero-order valence-electron chi connectivity index (χ0n) is 21.1. The summed E-state index contributed by atoms with van der Waals surface area (Å²) in [6.07, 6.45) is 5.47. The van der Waals surface area contributed by atoms with Crippen molar-refractivity contribution in [3.8, 4) is 17.4 Å². The van der Waals surface area contributed by atoms with Gasteiger partial charge in [-0.25, -0.2) is 4.98 Å². The summed E-state index contributed by atoms with van der Waals surface area (Å²) in [4.78, 5) is 20.0. The Kier molecular flexibility index (Phi) is 8.72. The van der Waals surface area contributed by atoms with Crippen LogP contribution in [0.15, 0.2) is 30.6 Å². The van der Waals surface area contributed by atoms with Gasteiger partial charge < -0.3 is 24.3 Å². The van der Waals surface area contributed by atoms with Gasteiger partial charge in [-0.1, -0.05) is 12.1 Å². The summed E-state index contributed by atoms with van der Waals surface area (Å²) >= 11 is 0. The van der Waals surface area contributed by atoms with Gasteiger partial charge in [0, 0.05) is 14.0 Å². The molecule has 1 N–H and O–H groups in total. The maximum absolute atomic E-state index is 11.3. The van der Waals surface area contributed by atoms with E-state index in [0.29, 0.717) is 24.2 Å². The summed E-state index contributed by atoms with van der Waals surface area (Å²) in [6.45, 7) is 7.76. The number of hydrogen-bond donors (Lipinski definition) is 1. The van der Waals surface area contributed by atoms with E-state index in [-0.39, 0.29) is 18.1 Å². The van der Waals surface area contributed by atoms with Crippen LogP contribution in [0.4, 0.5) is 0 Å². The molecule has 34 heavy (non-hydrogen) atoms. The molecule has 1 aliphatic carbocycles. The van der Waals surface area contributed by atoms with Gasteiger partial charge in [-0.05, 0) is 70.1 Å². The molecule has 3 atom stereocenters. The van der Waals surface area contributed by atoms with Crippen LogP contribution in [0.25, 0.3) is 0 Å². The second-order valence-electron chi connectivity index (χ2n) is 9.53. The fraction of sp³-hybridized carbons (Fsp3) is 0.577. The van der Waals surface area contributed by atoms with Gasteiger partial charge in [0.1, 0.15) is 18.7 Å². The molecule has 8 heteroatoms. The number of nitrogens with zero attached hydrogens (tertiary/aromatic N) is 2. The van der Waals surface area contributed by atoms with Crippen molar-refractivity contribution in [3.63, 3.8) is 0 Å². The van der Waals surface area contributed by atoms with E-state index in [9.17, 15) is 4.79 Å². The van der Waals surface area contributed by atoms with Crippen LogP contribution in [0.2, 0.25) is 0 Å². The summed E-state index contributed by atoms with van der Waals surface area (Å²) in [5, 5.41) is 2.90. The standard InChI is InChI=1S/C26H37N3O5/c1-17(29-18(2)30)20-8-11-21(12-9-20)34-22-10-7-19(13-22)14-23-24(31-5)25(28-16-27-23)33-15-26(3,4)32-6/h8-9,11-12,16-17,19,22H,7,10,13-15H2,1-6H3,(H,29,30)/t17-,19?,22+/m0/s1. The monoisotopic (exact) mass is 471 g/mol. The fourth-order valence-electron chi connectivity index (χ4n) is 4.16. The number of methoxy groups -OCH3 is 2. The first kappa shape index (κ1) is 25.7. The van der Waals surface area contributed by atoms with Crippen LogP contribution in [-0.2, 0) is 16.0 Å².